The van der Waals surface area contributed by atoms with Crippen molar-refractivity contribution in [2.24, 2.45) is 0 Å². The van der Waals surface area contributed by atoms with E-state index in [-0.39, 0.29) is 11.7 Å². The lowest BCUT2D eigenvalue weighted by Gasteiger charge is -2.00. The van der Waals surface area contributed by atoms with Crippen LogP contribution >= 0.6 is 0 Å². The number of H-pyrrole nitrogens is 1. The molecule has 1 heterocycles. The second-order valence-electron chi connectivity index (χ2n) is 2.72. The number of hydrogen-bond donors (Lipinski definition) is 2. The number of aromatic amines is 1. The zero-order chi connectivity index (χ0) is 10.4. The van der Waals surface area contributed by atoms with Crippen LogP contribution in [0.5, 0.6) is 0 Å². The largest absolute Gasteiger partial charge is 0.349 e. The number of hydrogen-bond acceptors (Lipinski definition) is 4. The standard InChI is InChI=1S/C7H12N4O2S/c1-14(13)4-2-3-8-7(12)6-9-5-10-11-6/h5H,2-4H2,1H3,(H,8,12)(H,9,10,11). The van der Waals surface area contributed by atoms with Crippen LogP contribution in [0, 0.1) is 0 Å². The van der Waals surface area contributed by atoms with E-state index in [9.17, 15) is 9.00 Å². The van der Waals surface area contributed by atoms with Crippen molar-refractivity contribution in [3.63, 3.8) is 0 Å². The summed E-state index contributed by atoms with van der Waals surface area (Å²) in [5.41, 5.74) is 0. The maximum Gasteiger partial charge on any atom is 0.288 e. The van der Waals surface area contributed by atoms with Gasteiger partial charge in [0.15, 0.2) is 0 Å². The Morgan fingerprint density at radius 1 is 1.71 bits per heavy atom. The van der Waals surface area contributed by atoms with Gasteiger partial charge in [0, 0.05) is 29.4 Å². The molecule has 6 nitrogen and oxygen atoms in total. The summed E-state index contributed by atoms with van der Waals surface area (Å²) < 4.78 is 10.7. The van der Waals surface area contributed by atoms with Crippen molar-refractivity contribution >= 4 is 16.7 Å². The van der Waals surface area contributed by atoms with E-state index in [1.54, 1.807) is 6.26 Å². The van der Waals surface area contributed by atoms with E-state index in [0.29, 0.717) is 18.7 Å². The number of rotatable bonds is 5. The minimum atomic E-state index is -0.804. The third-order valence-corrected chi connectivity index (χ3v) is 2.39. The number of carbonyl (C=O) groups excluding carboxylic acids is 1. The molecule has 0 aliphatic carbocycles. The first-order valence-electron chi connectivity index (χ1n) is 4.13. The molecule has 78 valence electrons. The Morgan fingerprint density at radius 2 is 2.50 bits per heavy atom. The van der Waals surface area contributed by atoms with Crippen molar-refractivity contribution < 1.29 is 9.00 Å². The Balaban J connectivity index is 2.19. The lowest BCUT2D eigenvalue weighted by molar-refractivity contribution is 0.0944. The summed E-state index contributed by atoms with van der Waals surface area (Å²) in [6.45, 7) is 0.499. The highest BCUT2D eigenvalue weighted by Gasteiger charge is 2.06. The first-order valence-corrected chi connectivity index (χ1v) is 5.86. The number of nitrogens with zero attached hydrogens (tertiary/aromatic N) is 2. The van der Waals surface area contributed by atoms with Gasteiger partial charge in [-0.1, -0.05) is 0 Å². The summed E-state index contributed by atoms with van der Waals surface area (Å²) in [7, 11) is -0.804. The van der Waals surface area contributed by atoms with Gasteiger partial charge in [-0.2, -0.15) is 5.10 Å². The van der Waals surface area contributed by atoms with Crippen LogP contribution in [0.4, 0.5) is 0 Å². The first-order chi connectivity index (χ1) is 6.70. The molecule has 0 radical (unpaired) electrons. The molecule has 7 heteroatoms. The molecule has 2 N–H and O–H groups in total. The van der Waals surface area contributed by atoms with Crippen molar-refractivity contribution in [1.82, 2.24) is 20.5 Å². The highest BCUT2D eigenvalue weighted by molar-refractivity contribution is 7.84. The first kappa shape index (κ1) is 10.8. The predicted octanol–water partition coefficient (Wildman–Crippen LogP) is -0.697. The van der Waals surface area contributed by atoms with E-state index in [1.165, 1.54) is 6.33 Å². The monoisotopic (exact) mass is 216 g/mol. The fourth-order valence-corrected chi connectivity index (χ4v) is 1.43. The summed E-state index contributed by atoms with van der Waals surface area (Å²) >= 11 is 0. The molecule has 1 amide bonds. The molecule has 0 aliphatic heterocycles. The van der Waals surface area contributed by atoms with Gasteiger partial charge in [-0.15, -0.1) is 0 Å². The van der Waals surface area contributed by atoms with Crippen LogP contribution in [-0.2, 0) is 10.8 Å². The Hall–Kier alpha value is -1.24. The topological polar surface area (TPSA) is 87.7 Å². The normalized spacial score (nSPS) is 12.4. The van der Waals surface area contributed by atoms with E-state index in [4.69, 9.17) is 0 Å². The SMILES string of the molecule is CS(=O)CCCNC(=O)c1ncn[nH]1. The van der Waals surface area contributed by atoms with Crippen molar-refractivity contribution in [2.75, 3.05) is 18.6 Å². The van der Waals surface area contributed by atoms with E-state index in [2.05, 4.69) is 20.5 Å². The highest BCUT2D eigenvalue weighted by atomic mass is 32.2. The molecular weight excluding hydrogens is 204 g/mol. The Labute approximate surface area is 84.0 Å². The maximum atomic E-state index is 11.2. The molecular formula is C7H12N4O2S. The van der Waals surface area contributed by atoms with Crippen molar-refractivity contribution in [3.8, 4) is 0 Å². The summed E-state index contributed by atoms with van der Waals surface area (Å²) in [5.74, 6) is 0.503. The molecule has 1 aromatic heterocycles. The summed E-state index contributed by atoms with van der Waals surface area (Å²) in [6.07, 6.45) is 3.61. The van der Waals surface area contributed by atoms with Crippen LogP contribution in [0.15, 0.2) is 6.33 Å². The van der Waals surface area contributed by atoms with Crippen molar-refractivity contribution in [2.45, 2.75) is 6.42 Å². The van der Waals surface area contributed by atoms with Crippen molar-refractivity contribution in [3.05, 3.63) is 12.2 Å². The minimum Gasteiger partial charge on any atom is -0.349 e. The smallest absolute Gasteiger partial charge is 0.288 e. The molecule has 0 saturated heterocycles. The van der Waals surface area contributed by atoms with Crippen LogP contribution in [0.2, 0.25) is 0 Å². The average Bonchev–Trinajstić information content (AvgIpc) is 2.64. The van der Waals surface area contributed by atoms with Crippen LogP contribution in [0.3, 0.4) is 0 Å². The van der Waals surface area contributed by atoms with Gasteiger partial charge < -0.3 is 5.32 Å². The van der Waals surface area contributed by atoms with Gasteiger partial charge in [0.1, 0.15) is 6.33 Å². The second-order valence-corrected chi connectivity index (χ2v) is 4.28. The minimum absolute atomic E-state index is 0.197. The third kappa shape index (κ3) is 3.65. The van der Waals surface area contributed by atoms with Crippen LogP contribution in [-0.4, -0.2) is 43.9 Å². The summed E-state index contributed by atoms with van der Waals surface area (Å²) in [4.78, 5) is 14.9. The Morgan fingerprint density at radius 3 is 3.07 bits per heavy atom. The van der Waals surface area contributed by atoms with Gasteiger partial charge in [-0.05, 0) is 6.42 Å². The van der Waals surface area contributed by atoms with E-state index < -0.39 is 10.8 Å². The fraction of sp³-hybridized carbons (Fsp3) is 0.571. The third-order valence-electron chi connectivity index (χ3n) is 1.52. The van der Waals surface area contributed by atoms with Crippen LogP contribution in [0.1, 0.15) is 17.0 Å². The second kappa shape index (κ2) is 5.48. The highest BCUT2D eigenvalue weighted by Crippen LogP contribution is 1.86. The molecule has 0 aliphatic rings. The average molecular weight is 216 g/mol. The molecule has 0 fully saturated rings. The maximum absolute atomic E-state index is 11.2. The number of carbonyl (C=O) groups is 1. The molecule has 14 heavy (non-hydrogen) atoms. The summed E-state index contributed by atoms with van der Waals surface area (Å²) in [5, 5.41) is 8.64. The molecule has 1 aromatic rings. The van der Waals surface area contributed by atoms with Crippen molar-refractivity contribution in [1.29, 1.82) is 0 Å². The lowest BCUT2D eigenvalue weighted by Crippen LogP contribution is -2.26. The molecule has 0 bridgehead atoms. The Bertz CT molecular complexity index is 311. The van der Waals surface area contributed by atoms with Gasteiger partial charge in [0.2, 0.25) is 5.82 Å². The Kier molecular flexibility index (Phi) is 4.24. The molecule has 1 atom stereocenters. The fourth-order valence-electron chi connectivity index (χ4n) is 0.876. The van der Waals surface area contributed by atoms with Crippen LogP contribution < -0.4 is 5.32 Å². The van der Waals surface area contributed by atoms with E-state index >= 15 is 0 Å². The van der Waals surface area contributed by atoms with Gasteiger partial charge in [0.05, 0.1) is 0 Å². The van der Waals surface area contributed by atoms with E-state index in [0.717, 1.165) is 0 Å². The van der Waals surface area contributed by atoms with Gasteiger partial charge >= 0.3 is 0 Å². The summed E-state index contributed by atoms with van der Waals surface area (Å²) in [6, 6.07) is 0. The molecule has 0 saturated carbocycles. The zero-order valence-corrected chi connectivity index (χ0v) is 8.63. The molecule has 1 rings (SSSR count). The number of amides is 1. The van der Waals surface area contributed by atoms with Gasteiger partial charge in [0.25, 0.3) is 5.91 Å². The quantitative estimate of drug-likeness (QED) is 0.637. The number of nitrogens with one attached hydrogen (secondary N) is 2. The zero-order valence-electron chi connectivity index (χ0n) is 7.82. The number of aromatic nitrogens is 3. The predicted molar refractivity (Wildman–Crippen MR) is 52.3 cm³/mol. The molecule has 0 aromatic carbocycles. The molecule has 0 spiro atoms. The molecule has 1 unspecified atom stereocenters. The van der Waals surface area contributed by atoms with E-state index in [1.807, 2.05) is 0 Å². The lowest BCUT2D eigenvalue weighted by atomic mass is 10.4. The van der Waals surface area contributed by atoms with Gasteiger partial charge in [-0.3, -0.25) is 14.1 Å². The van der Waals surface area contributed by atoms with Crippen LogP contribution in [0.25, 0.3) is 0 Å². The van der Waals surface area contributed by atoms with Gasteiger partial charge in [-0.25, -0.2) is 4.98 Å².